The van der Waals surface area contributed by atoms with Gasteiger partial charge < -0.3 is 10.6 Å². The lowest BCUT2D eigenvalue weighted by Gasteiger charge is -2.32. The summed E-state index contributed by atoms with van der Waals surface area (Å²) in [6.07, 6.45) is 0.898. The molecule has 1 aliphatic rings. The van der Waals surface area contributed by atoms with Crippen LogP contribution in [-0.4, -0.2) is 36.5 Å². The molecule has 1 fully saturated rings. The number of benzene rings is 2. The van der Waals surface area contributed by atoms with E-state index in [1.807, 2.05) is 36.4 Å². The minimum absolute atomic E-state index is 0.185. The van der Waals surface area contributed by atoms with Crippen LogP contribution >= 0.6 is 23.2 Å². The Kier molecular flexibility index (Phi) is 6.22. The van der Waals surface area contributed by atoms with Gasteiger partial charge in [0.15, 0.2) is 0 Å². The maximum atomic E-state index is 11.3. The molecule has 1 aliphatic heterocycles. The molecular formula is C20H20Cl2N4O. The molecule has 1 heterocycles. The van der Waals surface area contributed by atoms with Gasteiger partial charge >= 0.3 is 0 Å². The van der Waals surface area contributed by atoms with Crippen LogP contribution < -0.4 is 10.6 Å². The molecule has 0 bridgehead atoms. The first kappa shape index (κ1) is 19.5. The summed E-state index contributed by atoms with van der Waals surface area (Å²) in [5.41, 5.74) is 7.71. The van der Waals surface area contributed by atoms with Crippen molar-refractivity contribution in [1.82, 2.24) is 4.90 Å². The number of nitriles is 1. The Hall–Kier alpha value is -2.26. The van der Waals surface area contributed by atoms with Gasteiger partial charge in [0.1, 0.15) is 6.07 Å². The summed E-state index contributed by atoms with van der Waals surface area (Å²) in [6.45, 7) is 2.39. The van der Waals surface area contributed by atoms with Gasteiger partial charge in [0.25, 0.3) is 0 Å². The molecule has 0 aromatic heterocycles. The smallest absolute Gasteiger partial charge is 0.231 e. The third kappa shape index (κ3) is 4.72. The molecule has 3 rings (SSSR count). The number of likely N-dealkylation sites (tertiary alicyclic amines) is 1. The monoisotopic (exact) mass is 402 g/mol. The molecule has 0 spiro atoms. The Labute approximate surface area is 168 Å². The largest absolute Gasteiger partial charge is 0.369 e. The van der Waals surface area contributed by atoms with Crippen LogP contribution in [0, 0.1) is 11.3 Å². The van der Waals surface area contributed by atoms with Gasteiger partial charge in [-0.05, 0) is 36.2 Å². The van der Waals surface area contributed by atoms with Crippen molar-refractivity contribution < 1.29 is 4.79 Å². The number of nitrogens with two attached hydrogens (primary N) is 1. The Balaban J connectivity index is 1.90. The number of rotatable bonds is 6. The first-order valence-electron chi connectivity index (χ1n) is 8.68. The molecular weight excluding hydrogens is 383 g/mol. The number of carbonyl (C=O) groups excluding carboxylic acids is 1. The predicted octanol–water partition coefficient (Wildman–Crippen LogP) is 3.43. The molecule has 5 nitrogen and oxygen atoms in total. The fourth-order valence-corrected chi connectivity index (χ4v) is 3.86. The molecule has 1 amide bonds. The van der Waals surface area contributed by atoms with E-state index < -0.39 is 0 Å². The zero-order valence-electron chi connectivity index (χ0n) is 14.7. The van der Waals surface area contributed by atoms with E-state index in [1.165, 1.54) is 0 Å². The molecule has 0 radical (unpaired) electrons. The second-order valence-electron chi connectivity index (χ2n) is 6.64. The quantitative estimate of drug-likeness (QED) is 0.802. The number of carbonyl (C=O) groups is 1. The number of amides is 1. The molecule has 0 saturated carbocycles. The van der Waals surface area contributed by atoms with Gasteiger partial charge in [-0.1, -0.05) is 41.4 Å². The van der Waals surface area contributed by atoms with Crippen molar-refractivity contribution in [2.45, 2.75) is 19.0 Å². The maximum absolute atomic E-state index is 11.3. The molecule has 0 unspecified atom stereocenters. The van der Waals surface area contributed by atoms with E-state index in [2.05, 4.69) is 15.9 Å². The van der Waals surface area contributed by atoms with Crippen LogP contribution in [0.2, 0.25) is 10.0 Å². The Bertz CT molecular complexity index is 881. The van der Waals surface area contributed by atoms with Gasteiger partial charge in [-0.15, -0.1) is 0 Å². The predicted molar refractivity (Wildman–Crippen MR) is 108 cm³/mol. The highest BCUT2D eigenvalue weighted by atomic mass is 35.5. The topological polar surface area (TPSA) is 73.4 Å². The third-order valence-electron chi connectivity index (χ3n) is 4.77. The van der Waals surface area contributed by atoms with Crippen molar-refractivity contribution >= 4 is 34.8 Å². The molecule has 0 aliphatic carbocycles. The molecule has 1 atom stereocenters. The second-order valence-corrected chi connectivity index (χ2v) is 7.45. The van der Waals surface area contributed by atoms with Crippen molar-refractivity contribution in [3.63, 3.8) is 0 Å². The fraction of sp³-hybridized carbons (Fsp3) is 0.300. The first-order valence-corrected chi connectivity index (χ1v) is 9.44. The average molecular weight is 403 g/mol. The summed E-state index contributed by atoms with van der Waals surface area (Å²) in [5.74, 6) is -0.324. The SMILES string of the molecule is N#Cc1ccc(N(Cc2ccccc2Cl)[C@H]2CCN(CC(N)=O)C2)cc1Cl. The molecule has 27 heavy (non-hydrogen) atoms. The molecule has 2 aromatic carbocycles. The Morgan fingerprint density at radius 2 is 2.04 bits per heavy atom. The lowest BCUT2D eigenvalue weighted by molar-refractivity contribution is -0.118. The number of hydrogen-bond donors (Lipinski definition) is 1. The molecule has 1 saturated heterocycles. The standard InChI is InChI=1S/C20H20Cl2N4O/c21-18-4-2-1-3-15(18)11-26(16-6-5-14(10-23)19(22)9-16)17-7-8-25(12-17)13-20(24)27/h1-6,9,17H,7-8,11-13H2,(H2,24,27)/t17-/m0/s1. The zero-order valence-corrected chi connectivity index (χ0v) is 16.2. The van der Waals surface area contributed by atoms with E-state index in [9.17, 15) is 4.79 Å². The normalized spacial score (nSPS) is 16.9. The van der Waals surface area contributed by atoms with Crippen LogP contribution in [0.3, 0.4) is 0 Å². The summed E-state index contributed by atoms with van der Waals surface area (Å²) in [4.78, 5) is 15.5. The lowest BCUT2D eigenvalue weighted by atomic mass is 10.1. The van der Waals surface area contributed by atoms with E-state index in [0.717, 1.165) is 30.8 Å². The number of nitrogens with zero attached hydrogens (tertiary/aromatic N) is 3. The minimum Gasteiger partial charge on any atom is -0.369 e. The summed E-state index contributed by atoms with van der Waals surface area (Å²) in [6, 6.07) is 15.4. The first-order chi connectivity index (χ1) is 13.0. The van der Waals surface area contributed by atoms with Crippen LogP contribution in [0.1, 0.15) is 17.5 Å². The van der Waals surface area contributed by atoms with Gasteiger partial charge in [0.2, 0.25) is 5.91 Å². The molecule has 7 heteroatoms. The van der Waals surface area contributed by atoms with Gasteiger partial charge in [-0.25, -0.2) is 0 Å². The fourth-order valence-electron chi connectivity index (χ4n) is 3.45. The highest BCUT2D eigenvalue weighted by Crippen LogP contribution is 2.30. The van der Waals surface area contributed by atoms with Crippen molar-refractivity contribution in [2.24, 2.45) is 5.73 Å². The number of halogens is 2. The van der Waals surface area contributed by atoms with Crippen LogP contribution in [-0.2, 0) is 11.3 Å². The van der Waals surface area contributed by atoms with Crippen LogP contribution in [0.5, 0.6) is 0 Å². The van der Waals surface area contributed by atoms with Crippen molar-refractivity contribution in [3.8, 4) is 6.07 Å². The van der Waals surface area contributed by atoms with E-state index in [1.54, 1.807) is 6.07 Å². The molecule has 2 N–H and O–H groups in total. The van der Waals surface area contributed by atoms with E-state index in [4.69, 9.17) is 34.2 Å². The summed E-state index contributed by atoms with van der Waals surface area (Å²) < 4.78 is 0. The number of hydrogen-bond acceptors (Lipinski definition) is 4. The van der Waals surface area contributed by atoms with Crippen LogP contribution in [0.15, 0.2) is 42.5 Å². The van der Waals surface area contributed by atoms with Crippen molar-refractivity contribution in [3.05, 3.63) is 63.6 Å². The number of anilines is 1. The average Bonchev–Trinajstić information content (AvgIpc) is 3.08. The Morgan fingerprint density at radius 1 is 1.26 bits per heavy atom. The summed E-state index contributed by atoms with van der Waals surface area (Å²) in [5, 5.41) is 10.3. The van der Waals surface area contributed by atoms with Crippen LogP contribution in [0.4, 0.5) is 5.69 Å². The van der Waals surface area contributed by atoms with Crippen molar-refractivity contribution in [2.75, 3.05) is 24.5 Å². The van der Waals surface area contributed by atoms with E-state index in [0.29, 0.717) is 22.2 Å². The minimum atomic E-state index is -0.324. The van der Waals surface area contributed by atoms with E-state index >= 15 is 0 Å². The molecule has 140 valence electrons. The van der Waals surface area contributed by atoms with Gasteiger partial charge in [-0.3, -0.25) is 9.69 Å². The number of primary amides is 1. The summed E-state index contributed by atoms with van der Waals surface area (Å²) in [7, 11) is 0. The molecule has 2 aromatic rings. The third-order valence-corrected chi connectivity index (χ3v) is 5.45. The summed E-state index contributed by atoms with van der Waals surface area (Å²) >= 11 is 12.6. The maximum Gasteiger partial charge on any atom is 0.231 e. The van der Waals surface area contributed by atoms with Gasteiger partial charge in [0, 0.05) is 36.4 Å². The van der Waals surface area contributed by atoms with E-state index in [-0.39, 0.29) is 18.5 Å². The Morgan fingerprint density at radius 3 is 2.70 bits per heavy atom. The highest BCUT2D eigenvalue weighted by molar-refractivity contribution is 6.32. The zero-order chi connectivity index (χ0) is 19.4. The van der Waals surface area contributed by atoms with Gasteiger partial charge in [-0.2, -0.15) is 5.26 Å². The van der Waals surface area contributed by atoms with Crippen molar-refractivity contribution in [1.29, 1.82) is 5.26 Å². The van der Waals surface area contributed by atoms with Crippen LogP contribution in [0.25, 0.3) is 0 Å². The highest BCUT2D eigenvalue weighted by Gasteiger charge is 2.29. The second kappa shape index (κ2) is 8.62. The van der Waals surface area contributed by atoms with Gasteiger partial charge in [0.05, 0.1) is 17.1 Å². The lowest BCUT2D eigenvalue weighted by Crippen LogP contribution is -2.39.